The van der Waals surface area contributed by atoms with Crippen LogP contribution in [0, 0.1) is 5.41 Å². The van der Waals surface area contributed by atoms with Gasteiger partial charge in [0.2, 0.25) is 0 Å². The number of aliphatic hydroxyl groups is 1. The Bertz CT molecular complexity index is 716. The maximum absolute atomic E-state index is 13.3. The van der Waals surface area contributed by atoms with Crippen LogP contribution < -0.4 is 0 Å². The fourth-order valence-corrected chi connectivity index (χ4v) is 2.57. The number of aliphatic hydroxyl groups excluding tert-OH is 1. The van der Waals surface area contributed by atoms with Crippen molar-refractivity contribution in [2.24, 2.45) is 5.41 Å². The van der Waals surface area contributed by atoms with Crippen molar-refractivity contribution < 1.29 is 33.7 Å². The first-order valence-corrected chi connectivity index (χ1v) is 11.1. The summed E-state index contributed by atoms with van der Waals surface area (Å²) in [7, 11) is 1.32. The molecule has 0 aliphatic carbocycles. The summed E-state index contributed by atoms with van der Waals surface area (Å²) in [6.07, 6.45) is 14.3. The monoisotopic (exact) mass is 464 g/mol. The summed E-state index contributed by atoms with van der Waals surface area (Å²) in [4.78, 5) is 38.0. The van der Waals surface area contributed by atoms with Crippen molar-refractivity contribution >= 4 is 17.9 Å². The Balaban J connectivity index is 5.98. The molecule has 7 heteroatoms. The molecule has 186 valence electrons. The predicted molar refractivity (Wildman–Crippen MR) is 128 cm³/mol. The zero-order valence-electron chi connectivity index (χ0n) is 21.1. The standard InChI is InChI=1S/C26H40O7/c1-24(2,3)32-22(29)26(23(30)33-25(4,5)6,18-14-10-8-9-11-16-20-27)19-15-12-13-17-21(28)31-7/h8-12,14-16,27H,13,17-20H2,1-7H3/b9-8+,14-10+,15-12+,16-11+. The second-order valence-corrected chi connectivity index (χ2v) is 9.50. The van der Waals surface area contributed by atoms with E-state index >= 15 is 0 Å². The molecule has 0 fully saturated rings. The highest BCUT2D eigenvalue weighted by Gasteiger charge is 2.49. The van der Waals surface area contributed by atoms with E-state index in [0.717, 1.165) is 0 Å². The third-order valence-electron chi connectivity index (χ3n) is 4.13. The highest BCUT2D eigenvalue weighted by atomic mass is 16.6. The number of hydrogen-bond acceptors (Lipinski definition) is 7. The van der Waals surface area contributed by atoms with Gasteiger partial charge in [-0.25, -0.2) is 0 Å². The van der Waals surface area contributed by atoms with E-state index in [9.17, 15) is 14.4 Å². The Morgan fingerprint density at radius 1 is 0.727 bits per heavy atom. The van der Waals surface area contributed by atoms with Crippen LogP contribution >= 0.6 is 0 Å². The molecule has 0 saturated carbocycles. The molecule has 0 spiro atoms. The lowest BCUT2D eigenvalue weighted by molar-refractivity contribution is -0.185. The minimum atomic E-state index is -1.59. The van der Waals surface area contributed by atoms with E-state index in [2.05, 4.69) is 4.74 Å². The van der Waals surface area contributed by atoms with Gasteiger partial charge in [-0.2, -0.15) is 0 Å². The van der Waals surface area contributed by atoms with Gasteiger partial charge in [0.1, 0.15) is 11.2 Å². The van der Waals surface area contributed by atoms with E-state index in [1.165, 1.54) is 7.11 Å². The Morgan fingerprint density at radius 3 is 1.67 bits per heavy atom. The van der Waals surface area contributed by atoms with Gasteiger partial charge in [-0.3, -0.25) is 14.4 Å². The molecule has 0 heterocycles. The maximum atomic E-state index is 13.3. The second kappa shape index (κ2) is 14.5. The smallest absolute Gasteiger partial charge is 0.324 e. The van der Waals surface area contributed by atoms with Crippen LogP contribution in [0.3, 0.4) is 0 Å². The summed E-state index contributed by atoms with van der Waals surface area (Å²) in [6, 6.07) is 0. The molecular weight excluding hydrogens is 424 g/mol. The lowest BCUT2D eigenvalue weighted by Crippen LogP contribution is -2.46. The Hall–Kier alpha value is -2.67. The fourth-order valence-electron chi connectivity index (χ4n) is 2.57. The fraction of sp³-hybridized carbons (Fsp3) is 0.577. The molecule has 0 radical (unpaired) electrons. The van der Waals surface area contributed by atoms with Crippen LogP contribution in [0.4, 0.5) is 0 Å². The Morgan fingerprint density at radius 2 is 1.21 bits per heavy atom. The normalized spacial score (nSPS) is 13.3. The number of ether oxygens (including phenoxy) is 3. The molecule has 7 nitrogen and oxygen atoms in total. The third-order valence-corrected chi connectivity index (χ3v) is 4.13. The Labute approximate surface area is 198 Å². The predicted octanol–water partition coefficient (Wildman–Crippen LogP) is 4.61. The minimum Gasteiger partial charge on any atom is -0.469 e. The van der Waals surface area contributed by atoms with E-state index in [1.54, 1.807) is 90.2 Å². The summed E-state index contributed by atoms with van der Waals surface area (Å²) in [5.74, 6) is -1.68. The van der Waals surface area contributed by atoms with Gasteiger partial charge in [-0.1, -0.05) is 48.6 Å². The van der Waals surface area contributed by atoms with Crippen LogP contribution in [0.5, 0.6) is 0 Å². The number of esters is 3. The number of carbonyl (C=O) groups excluding carboxylic acids is 3. The molecule has 1 N–H and O–H groups in total. The highest BCUT2D eigenvalue weighted by molar-refractivity contribution is 6.00. The molecule has 0 aliphatic rings. The molecule has 0 bridgehead atoms. The molecule has 0 saturated heterocycles. The van der Waals surface area contributed by atoms with Crippen LogP contribution in [-0.2, 0) is 28.6 Å². The third kappa shape index (κ3) is 13.5. The van der Waals surface area contributed by atoms with Crippen molar-refractivity contribution in [1.82, 2.24) is 0 Å². The molecule has 0 aromatic rings. The van der Waals surface area contributed by atoms with E-state index < -0.39 is 28.6 Å². The van der Waals surface area contributed by atoms with Gasteiger partial charge in [0.25, 0.3) is 0 Å². The summed E-state index contributed by atoms with van der Waals surface area (Å²) in [5.41, 5.74) is -3.18. The first-order valence-electron chi connectivity index (χ1n) is 11.1. The van der Waals surface area contributed by atoms with Crippen LogP contribution in [0.2, 0.25) is 0 Å². The van der Waals surface area contributed by atoms with Gasteiger partial charge in [0.15, 0.2) is 5.41 Å². The van der Waals surface area contributed by atoms with E-state index in [-0.39, 0.29) is 31.8 Å². The van der Waals surface area contributed by atoms with Crippen molar-refractivity contribution in [1.29, 1.82) is 0 Å². The van der Waals surface area contributed by atoms with Gasteiger partial charge >= 0.3 is 17.9 Å². The van der Waals surface area contributed by atoms with Gasteiger partial charge in [0, 0.05) is 6.42 Å². The highest BCUT2D eigenvalue weighted by Crippen LogP contribution is 2.35. The number of hydrogen-bond donors (Lipinski definition) is 1. The number of rotatable bonds is 12. The largest absolute Gasteiger partial charge is 0.469 e. The number of carbonyl (C=O) groups is 3. The van der Waals surface area contributed by atoms with E-state index in [1.807, 2.05) is 0 Å². The summed E-state index contributed by atoms with van der Waals surface area (Å²) >= 11 is 0. The zero-order valence-corrected chi connectivity index (χ0v) is 21.1. The van der Waals surface area contributed by atoms with Crippen molar-refractivity contribution in [3.63, 3.8) is 0 Å². The quantitative estimate of drug-likeness (QED) is 0.148. The summed E-state index contributed by atoms with van der Waals surface area (Å²) < 4.78 is 15.9. The van der Waals surface area contributed by atoms with Gasteiger partial charge in [-0.15, -0.1) is 0 Å². The second-order valence-electron chi connectivity index (χ2n) is 9.50. The van der Waals surface area contributed by atoms with Crippen LogP contribution in [0.15, 0.2) is 48.6 Å². The topological polar surface area (TPSA) is 99.1 Å². The van der Waals surface area contributed by atoms with Crippen molar-refractivity contribution in [3.05, 3.63) is 48.6 Å². The van der Waals surface area contributed by atoms with Gasteiger partial charge < -0.3 is 19.3 Å². The van der Waals surface area contributed by atoms with Crippen molar-refractivity contribution in [2.45, 2.75) is 78.4 Å². The maximum Gasteiger partial charge on any atom is 0.324 e. The molecule has 0 aliphatic heterocycles. The summed E-state index contributed by atoms with van der Waals surface area (Å²) in [6.45, 7) is 10.4. The number of methoxy groups -OCH3 is 1. The van der Waals surface area contributed by atoms with E-state index in [0.29, 0.717) is 6.42 Å². The molecule has 0 aromatic heterocycles. The lowest BCUT2D eigenvalue weighted by atomic mass is 9.80. The minimum absolute atomic E-state index is 0.0521. The Kier molecular flexibility index (Phi) is 13.3. The number of allylic oxidation sites excluding steroid dienone is 7. The molecular formula is C26H40O7. The van der Waals surface area contributed by atoms with Crippen LogP contribution in [0.1, 0.15) is 67.2 Å². The first-order chi connectivity index (χ1) is 15.3. The van der Waals surface area contributed by atoms with Crippen LogP contribution in [-0.4, -0.2) is 47.9 Å². The average molecular weight is 465 g/mol. The van der Waals surface area contributed by atoms with Crippen LogP contribution in [0.25, 0.3) is 0 Å². The molecule has 0 rings (SSSR count). The van der Waals surface area contributed by atoms with Crippen molar-refractivity contribution in [3.8, 4) is 0 Å². The molecule has 33 heavy (non-hydrogen) atoms. The van der Waals surface area contributed by atoms with E-state index in [4.69, 9.17) is 14.6 Å². The van der Waals surface area contributed by atoms with Crippen molar-refractivity contribution in [2.75, 3.05) is 13.7 Å². The molecule has 0 atom stereocenters. The molecule has 0 aromatic carbocycles. The lowest BCUT2D eigenvalue weighted by Gasteiger charge is -2.33. The SMILES string of the molecule is COC(=O)CC/C=C/CC(C/C=C/C=C/C=C/CO)(C(=O)OC(C)(C)C)C(=O)OC(C)(C)C. The van der Waals surface area contributed by atoms with Gasteiger partial charge in [0.05, 0.1) is 13.7 Å². The molecule has 0 unspecified atom stereocenters. The molecule has 0 amide bonds. The summed E-state index contributed by atoms with van der Waals surface area (Å²) in [5, 5.41) is 8.77. The zero-order chi connectivity index (χ0) is 25.5. The van der Waals surface area contributed by atoms with Gasteiger partial charge in [-0.05, 0) is 60.8 Å². The first kappa shape index (κ1) is 30.3. The average Bonchev–Trinajstić information content (AvgIpc) is 2.68.